The zero-order valence-electron chi connectivity index (χ0n) is 15.9. The molecule has 0 aliphatic carbocycles. The lowest BCUT2D eigenvalue weighted by Gasteiger charge is -2.26. The van der Waals surface area contributed by atoms with Crippen LogP contribution in [-0.2, 0) is 17.8 Å². The van der Waals surface area contributed by atoms with E-state index in [1.165, 1.54) is 9.59 Å². The molecule has 0 fully saturated rings. The molecule has 7 nitrogen and oxygen atoms in total. The standard InChI is InChI=1S/C20H16Cl4N6O/c21-13-1-3-15(17(23)9-13)19(11-29-25-5-6-26-29)31-20(12-30-27-7-8-28-30)16-4-2-14(22)10-18(16)24/h1-10,19-20H,11-12H2. The van der Waals surface area contributed by atoms with E-state index >= 15 is 0 Å². The first-order chi connectivity index (χ1) is 15.0. The molecule has 0 saturated carbocycles. The van der Waals surface area contributed by atoms with Crippen molar-refractivity contribution in [3.05, 3.63) is 92.4 Å². The summed E-state index contributed by atoms with van der Waals surface area (Å²) < 4.78 is 6.55. The Morgan fingerprint density at radius 2 is 1.03 bits per heavy atom. The van der Waals surface area contributed by atoms with Crippen LogP contribution in [-0.4, -0.2) is 30.0 Å². The molecule has 0 bridgehead atoms. The first-order valence-corrected chi connectivity index (χ1v) is 10.7. The Kier molecular flexibility index (Phi) is 7.09. The van der Waals surface area contributed by atoms with Crippen molar-refractivity contribution < 1.29 is 4.74 Å². The third kappa shape index (κ3) is 5.56. The second kappa shape index (κ2) is 9.97. The molecule has 31 heavy (non-hydrogen) atoms. The predicted octanol–water partition coefficient (Wildman–Crippen LogP) is 5.68. The quantitative estimate of drug-likeness (QED) is 0.313. The van der Waals surface area contributed by atoms with Crippen molar-refractivity contribution in [2.24, 2.45) is 0 Å². The molecule has 160 valence electrons. The van der Waals surface area contributed by atoms with E-state index in [9.17, 15) is 0 Å². The van der Waals surface area contributed by atoms with Gasteiger partial charge in [0.05, 0.1) is 37.9 Å². The van der Waals surface area contributed by atoms with E-state index in [0.717, 1.165) is 11.1 Å². The van der Waals surface area contributed by atoms with Crippen LogP contribution in [0.25, 0.3) is 0 Å². The Morgan fingerprint density at radius 1 is 0.645 bits per heavy atom. The lowest BCUT2D eigenvalue weighted by molar-refractivity contribution is -0.0391. The third-order valence-electron chi connectivity index (χ3n) is 4.54. The van der Waals surface area contributed by atoms with Crippen LogP contribution >= 0.6 is 46.4 Å². The fourth-order valence-corrected chi connectivity index (χ4v) is 4.19. The number of nitrogens with zero attached hydrogens (tertiary/aromatic N) is 6. The lowest BCUT2D eigenvalue weighted by atomic mass is 10.1. The van der Waals surface area contributed by atoms with Gasteiger partial charge in [-0.05, 0) is 24.3 Å². The summed E-state index contributed by atoms with van der Waals surface area (Å²) in [6.07, 6.45) is 5.38. The van der Waals surface area contributed by atoms with Crippen LogP contribution in [0, 0.1) is 0 Å². The lowest BCUT2D eigenvalue weighted by Crippen LogP contribution is -2.22. The topological polar surface area (TPSA) is 70.7 Å². The summed E-state index contributed by atoms with van der Waals surface area (Å²) in [5.74, 6) is 0. The number of hydrogen-bond acceptors (Lipinski definition) is 5. The highest BCUT2D eigenvalue weighted by atomic mass is 35.5. The summed E-state index contributed by atoms with van der Waals surface area (Å²) in [5, 5.41) is 18.8. The highest BCUT2D eigenvalue weighted by Gasteiger charge is 2.26. The minimum Gasteiger partial charge on any atom is -0.361 e. The van der Waals surface area contributed by atoms with Gasteiger partial charge >= 0.3 is 0 Å². The van der Waals surface area contributed by atoms with Gasteiger partial charge in [0.2, 0.25) is 0 Å². The van der Waals surface area contributed by atoms with Crippen LogP contribution in [0.3, 0.4) is 0 Å². The van der Waals surface area contributed by atoms with Crippen LogP contribution in [0.1, 0.15) is 23.3 Å². The van der Waals surface area contributed by atoms with Gasteiger partial charge in [-0.2, -0.15) is 30.0 Å². The first kappa shape index (κ1) is 22.0. The van der Waals surface area contributed by atoms with E-state index in [0.29, 0.717) is 33.2 Å². The van der Waals surface area contributed by atoms with E-state index in [2.05, 4.69) is 20.4 Å². The Morgan fingerprint density at radius 3 is 1.39 bits per heavy atom. The Hall–Kier alpha value is -2.16. The molecule has 2 aromatic carbocycles. The van der Waals surface area contributed by atoms with E-state index in [-0.39, 0.29) is 0 Å². The summed E-state index contributed by atoms with van der Waals surface area (Å²) in [6.45, 7) is 0.644. The molecular weight excluding hydrogens is 482 g/mol. The van der Waals surface area contributed by atoms with Crippen LogP contribution in [0.15, 0.2) is 61.2 Å². The molecule has 4 rings (SSSR count). The summed E-state index contributed by atoms with van der Waals surface area (Å²) in [6, 6.07) is 10.5. The largest absolute Gasteiger partial charge is 0.361 e. The SMILES string of the molecule is Clc1ccc(C(Cn2nccn2)OC(Cn2nccn2)c2ccc(Cl)cc2Cl)c(Cl)c1. The summed E-state index contributed by atoms with van der Waals surface area (Å²) in [7, 11) is 0. The molecule has 2 unspecified atom stereocenters. The maximum absolute atomic E-state index is 6.55. The molecule has 0 spiro atoms. The number of halogens is 4. The van der Waals surface area contributed by atoms with Gasteiger partial charge in [0.1, 0.15) is 12.2 Å². The van der Waals surface area contributed by atoms with Crippen LogP contribution in [0.2, 0.25) is 20.1 Å². The van der Waals surface area contributed by atoms with Crippen LogP contribution in [0.4, 0.5) is 0 Å². The third-order valence-corrected chi connectivity index (χ3v) is 5.66. The van der Waals surface area contributed by atoms with E-state index in [1.807, 2.05) is 12.1 Å². The molecule has 0 amide bonds. The van der Waals surface area contributed by atoms with Crippen molar-refractivity contribution in [3.8, 4) is 0 Å². The molecule has 0 aliphatic rings. The van der Waals surface area contributed by atoms with Crippen molar-refractivity contribution >= 4 is 46.4 Å². The fourth-order valence-electron chi connectivity index (χ4n) is 3.12. The normalized spacial score (nSPS) is 13.3. The zero-order chi connectivity index (χ0) is 21.8. The second-order valence-corrected chi connectivity index (χ2v) is 8.30. The molecule has 0 radical (unpaired) electrons. The Labute approximate surface area is 198 Å². The number of aromatic nitrogens is 6. The average molecular weight is 498 g/mol. The molecule has 0 saturated heterocycles. The van der Waals surface area contributed by atoms with Gasteiger partial charge in [-0.3, -0.25) is 0 Å². The monoisotopic (exact) mass is 496 g/mol. The number of rotatable bonds is 8. The Bertz CT molecular complexity index is 1050. The maximum atomic E-state index is 6.55. The molecule has 0 N–H and O–H groups in total. The van der Waals surface area contributed by atoms with Crippen LogP contribution < -0.4 is 0 Å². The van der Waals surface area contributed by atoms with Crippen molar-refractivity contribution in [1.82, 2.24) is 30.0 Å². The van der Waals surface area contributed by atoms with Crippen LogP contribution in [0.5, 0.6) is 0 Å². The number of ether oxygens (including phenoxy) is 1. The molecule has 4 aromatic rings. The zero-order valence-corrected chi connectivity index (χ0v) is 19.0. The second-order valence-electron chi connectivity index (χ2n) is 6.61. The minimum atomic E-state index is -0.510. The summed E-state index contributed by atoms with van der Waals surface area (Å²) >= 11 is 25.2. The van der Waals surface area contributed by atoms with Crippen molar-refractivity contribution in [2.45, 2.75) is 25.3 Å². The van der Waals surface area contributed by atoms with Gasteiger partial charge in [0, 0.05) is 31.2 Å². The molecule has 2 heterocycles. The highest BCUT2D eigenvalue weighted by Crippen LogP contribution is 2.36. The molecular formula is C20H16Cl4N6O. The fraction of sp³-hybridized carbons (Fsp3) is 0.200. The average Bonchev–Trinajstić information content (AvgIpc) is 3.41. The molecule has 11 heteroatoms. The van der Waals surface area contributed by atoms with Crippen molar-refractivity contribution in [1.29, 1.82) is 0 Å². The van der Waals surface area contributed by atoms with Gasteiger partial charge in [-0.1, -0.05) is 58.5 Å². The Balaban J connectivity index is 1.71. The summed E-state index contributed by atoms with van der Waals surface area (Å²) in [4.78, 5) is 3.06. The number of hydrogen-bond donors (Lipinski definition) is 0. The molecule has 0 aliphatic heterocycles. The summed E-state index contributed by atoms with van der Waals surface area (Å²) in [5.41, 5.74) is 1.48. The van der Waals surface area contributed by atoms with E-state index < -0.39 is 12.2 Å². The molecule has 2 atom stereocenters. The van der Waals surface area contributed by atoms with Gasteiger partial charge in [-0.15, -0.1) is 0 Å². The first-order valence-electron chi connectivity index (χ1n) is 9.23. The van der Waals surface area contributed by atoms with Gasteiger partial charge in [0.15, 0.2) is 0 Å². The van der Waals surface area contributed by atoms with E-state index in [4.69, 9.17) is 51.1 Å². The highest BCUT2D eigenvalue weighted by molar-refractivity contribution is 6.35. The van der Waals surface area contributed by atoms with Gasteiger partial charge < -0.3 is 4.74 Å². The molecule has 2 aromatic heterocycles. The maximum Gasteiger partial charge on any atom is 0.106 e. The van der Waals surface area contributed by atoms with Gasteiger partial charge in [0.25, 0.3) is 0 Å². The smallest absolute Gasteiger partial charge is 0.106 e. The van der Waals surface area contributed by atoms with E-state index in [1.54, 1.807) is 49.1 Å². The minimum absolute atomic E-state index is 0.322. The predicted molar refractivity (Wildman–Crippen MR) is 120 cm³/mol. The van der Waals surface area contributed by atoms with Gasteiger partial charge in [-0.25, -0.2) is 0 Å². The van der Waals surface area contributed by atoms with Crippen molar-refractivity contribution in [2.75, 3.05) is 0 Å². The number of benzene rings is 2. The van der Waals surface area contributed by atoms with Crippen molar-refractivity contribution in [3.63, 3.8) is 0 Å².